The van der Waals surface area contributed by atoms with Gasteiger partial charge in [0.15, 0.2) is 0 Å². The van der Waals surface area contributed by atoms with Crippen LogP contribution in [0.25, 0.3) is 0 Å². The lowest BCUT2D eigenvalue weighted by Crippen LogP contribution is -2.23. The van der Waals surface area contributed by atoms with Gasteiger partial charge in [-0.15, -0.1) is 13.2 Å². The van der Waals surface area contributed by atoms with Crippen LogP contribution < -0.4 is 0 Å². The van der Waals surface area contributed by atoms with E-state index in [9.17, 15) is 30.0 Å². The van der Waals surface area contributed by atoms with Gasteiger partial charge in [0.25, 0.3) is 0 Å². The first kappa shape index (κ1) is 38.7. The Labute approximate surface area is 266 Å². The molecule has 0 saturated heterocycles. The zero-order chi connectivity index (χ0) is 34.6. The minimum absolute atomic E-state index is 0.208. The molecule has 2 aromatic rings. The third-order valence-electron chi connectivity index (χ3n) is 8.10. The van der Waals surface area contributed by atoms with Gasteiger partial charge in [-0.05, 0) is 80.7 Å². The molecule has 0 aliphatic rings. The lowest BCUT2D eigenvalue weighted by molar-refractivity contribution is -0.145. The molecule has 0 aliphatic heterocycles. The van der Waals surface area contributed by atoms with Crippen molar-refractivity contribution < 1.29 is 30.0 Å². The summed E-state index contributed by atoms with van der Waals surface area (Å²) in [6.45, 7) is 30.2. The minimum atomic E-state index is -0.962. The fraction of sp³-hybridized carbons (Fsp3) is 0.579. The van der Waals surface area contributed by atoms with Crippen LogP contribution in [0.1, 0.15) is 129 Å². The molecule has 0 aromatic heterocycles. The van der Waals surface area contributed by atoms with Crippen LogP contribution in [0.5, 0.6) is 11.5 Å². The summed E-state index contributed by atoms with van der Waals surface area (Å²) in [6.07, 6.45) is 0.907. The molecule has 2 aromatic carbocycles. The second kappa shape index (κ2) is 14.2. The van der Waals surface area contributed by atoms with Crippen LogP contribution in [0.2, 0.25) is 0 Å². The highest BCUT2D eigenvalue weighted by molar-refractivity contribution is 5.72. The Kier molecular flexibility index (Phi) is 12.5. The second-order valence-electron chi connectivity index (χ2n) is 16.1. The van der Waals surface area contributed by atoms with Crippen LogP contribution in [0.3, 0.4) is 0 Å². The Bertz CT molecular complexity index is 1140. The molecule has 6 nitrogen and oxygen atoms in total. The number of hydrogen-bond donors (Lipinski definition) is 4. The summed E-state index contributed by atoms with van der Waals surface area (Å²) >= 11 is 0. The number of aromatic hydroxyl groups is 2. The maximum absolute atomic E-state index is 12.4. The summed E-state index contributed by atoms with van der Waals surface area (Å²) in [4.78, 5) is 24.8. The van der Waals surface area contributed by atoms with Crippen molar-refractivity contribution in [3.05, 3.63) is 70.8 Å². The minimum Gasteiger partial charge on any atom is -0.507 e. The molecular weight excluding hydrogens is 552 g/mol. The van der Waals surface area contributed by atoms with E-state index in [4.69, 9.17) is 0 Å². The van der Waals surface area contributed by atoms with Gasteiger partial charge in [0.1, 0.15) is 11.5 Å². The van der Waals surface area contributed by atoms with E-state index in [1.807, 2.05) is 107 Å². The van der Waals surface area contributed by atoms with E-state index >= 15 is 0 Å². The number of carbonyl (C=O) groups is 2. The molecule has 44 heavy (non-hydrogen) atoms. The third-order valence-corrected chi connectivity index (χ3v) is 8.10. The highest BCUT2D eigenvalue weighted by Gasteiger charge is 2.31. The molecule has 4 N–H and O–H groups in total. The summed E-state index contributed by atoms with van der Waals surface area (Å²) in [7, 11) is 0. The number of carboxylic acids is 2. The predicted octanol–water partition coefficient (Wildman–Crippen LogP) is 9.06. The Balaban J connectivity index is 0.00000474. The molecule has 0 heterocycles. The van der Waals surface area contributed by atoms with Crippen LogP contribution in [0.15, 0.2) is 37.4 Å². The van der Waals surface area contributed by atoms with Gasteiger partial charge in [-0.25, -0.2) is 0 Å². The molecule has 0 amide bonds. The monoisotopic (exact) mass is 610 g/mol. The molecule has 0 bridgehead atoms. The van der Waals surface area contributed by atoms with Gasteiger partial charge in [-0.3, -0.25) is 9.59 Å². The Morgan fingerprint density at radius 1 is 0.545 bits per heavy atom. The first-order valence-electron chi connectivity index (χ1n) is 15.5. The molecule has 2 atom stereocenters. The van der Waals surface area contributed by atoms with E-state index in [0.717, 1.165) is 33.4 Å². The van der Waals surface area contributed by atoms with Crippen LogP contribution in [-0.4, -0.2) is 32.4 Å². The molecule has 6 heteroatoms. The first-order valence-corrected chi connectivity index (χ1v) is 15.5. The number of phenolic OH excluding ortho intramolecular Hbond substituents is 2. The van der Waals surface area contributed by atoms with Crippen molar-refractivity contribution in [2.75, 3.05) is 0 Å². The van der Waals surface area contributed by atoms with Gasteiger partial charge in [-0.2, -0.15) is 0 Å². The third kappa shape index (κ3) is 10.1. The SMILES string of the molecule is C=C.CC(C)(C)c1cc(CC(CCC(Cc2cc(C(C)(C)C)c(O)c(C(C)(C)C)c2)C(=O)O)C(=O)O)cc(C(C)(C)C)c1O. The van der Waals surface area contributed by atoms with Gasteiger partial charge >= 0.3 is 11.9 Å². The quantitative estimate of drug-likeness (QED) is 0.211. The van der Waals surface area contributed by atoms with Crippen molar-refractivity contribution in [2.24, 2.45) is 11.8 Å². The smallest absolute Gasteiger partial charge is 0.306 e. The van der Waals surface area contributed by atoms with Crippen molar-refractivity contribution in [3.63, 3.8) is 0 Å². The van der Waals surface area contributed by atoms with E-state index in [2.05, 4.69) is 13.2 Å². The average molecular weight is 611 g/mol. The van der Waals surface area contributed by atoms with Crippen LogP contribution >= 0.6 is 0 Å². The molecule has 2 rings (SSSR count). The summed E-state index contributed by atoms with van der Waals surface area (Å²) in [5.41, 5.74) is 3.39. The molecule has 0 radical (unpaired) electrons. The van der Waals surface area contributed by atoms with E-state index in [1.54, 1.807) is 0 Å². The molecule has 0 spiro atoms. The van der Waals surface area contributed by atoms with Gasteiger partial charge in [0, 0.05) is 0 Å². The standard InChI is InChI=1S/C36H54O6.C2H4/c1-33(2,3)25-17-21(18-26(29(25)37)34(4,5)6)15-23(31(39)40)13-14-24(32(41)42)16-22-19-27(35(7,8)9)30(38)28(20-22)36(10,11)12;1-2/h17-20,23-24,37-38H,13-16H2,1-12H3,(H,39,40)(H,41,42);1-2H2. The van der Waals surface area contributed by atoms with Crippen molar-refractivity contribution in [1.82, 2.24) is 0 Å². The lowest BCUT2D eigenvalue weighted by atomic mass is 9.77. The largest absolute Gasteiger partial charge is 0.507 e. The highest BCUT2D eigenvalue weighted by Crippen LogP contribution is 2.42. The molecule has 0 fully saturated rings. The molecule has 246 valence electrons. The van der Waals surface area contributed by atoms with E-state index in [0.29, 0.717) is 0 Å². The normalized spacial score (nSPS) is 13.9. The van der Waals surface area contributed by atoms with Crippen LogP contribution in [0.4, 0.5) is 0 Å². The number of aliphatic carboxylic acids is 2. The van der Waals surface area contributed by atoms with Crippen LogP contribution in [-0.2, 0) is 44.1 Å². The topological polar surface area (TPSA) is 115 Å². The number of hydrogen-bond acceptors (Lipinski definition) is 4. The van der Waals surface area contributed by atoms with Crippen molar-refractivity contribution in [2.45, 2.75) is 130 Å². The summed E-state index contributed by atoms with van der Waals surface area (Å²) < 4.78 is 0. The highest BCUT2D eigenvalue weighted by atomic mass is 16.4. The average Bonchev–Trinajstić information content (AvgIpc) is 2.85. The molecule has 0 aliphatic carbocycles. The molecule has 0 saturated carbocycles. The maximum atomic E-state index is 12.4. The van der Waals surface area contributed by atoms with E-state index in [-0.39, 0.29) is 58.8 Å². The van der Waals surface area contributed by atoms with E-state index < -0.39 is 23.8 Å². The number of rotatable bonds is 9. The number of phenols is 2. The summed E-state index contributed by atoms with van der Waals surface area (Å²) in [6, 6.07) is 7.59. The van der Waals surface area contributed by atoms with Crippen molar-refractivity contribution >= 4 is 11.9 Å². The van der Waals surface area contributed by atoms with Gasteiger partial charge in [0.2, 0.25) is 0 Å². The Morgan fingerprint density at radius 3 is 0.909 bits per heavy atom. The summed E-state index contributed by atoms with van der Waals surface area (Å²) in [5, 5.41) is 42.4. The first-order chi connectivity index (χ1) is 19.8. The molecular formula is C38H58O6. The zero-order valence-corrected chi connectivity index (χ0v) is 29.3. The van der Waals surface area contributed by atoms with Crippen LogP contribution in [0, 0.1) is 11.8 Å². The zero-order valence-electron chi connectivity index (χ0n) is 29.3. The van der Waals surface area contributed by atoms with Gasteiger partial charge in [0.05, 0.1) is 11.8 Å². The van der Waals surface area contributed by atoms with Crippen molar-refractivity contribution in [3.8, 4) is 11.5 Å². The lowest BCUT2D eigenvalue weighted by Gasteiger charge is -2.29. The summed E-state index contributed by atoms with van der Waals surface area (Å²) in [5.74, 6) is -2.98. The van der Waals surface area contributed by atoms with E-state index in [1.165, 1.54) is 0 Å². The molecule has 2 unspecified atom stereocenters. The number of carboxylic acid groups (broad SMARTS) is 2. The fourth-order valence-corrected chi connectivity index (χ4v) is 5.51. The number of benzene rings is 2. The predicted molar refractivity (Wildman–Crippen MR) is 181 cm³/mol. The van der Waals surface area contributed by atoms with Crippen molar-refractivity contribution in [1.29, 1.82) is 0 Å². The Hall–Kier alpha value is -3.28. The van der Waals surface area contributed by atoms with Gasteiger partial charge < -0.3 is 20.4 Å². The van der Waals surface area contributed by atoms with Gasteiger partial charge in [-0.1, -0.05) is 107 Å². The maximum Gasteiger partial charge on any atom is 0.306 e. The fourth-order valence-electron chi connectivity index (χ4n) is 5.51. The second-order valence-corrected chi connectivity index (χ2v) is 16.1. The Morgan fingerprint density at radius 2 is 0.750 bits per heavy atom.